The van der Waals surface area contributed by atoms with Crippen LogP contribution in [0.5, 0.6) is 0 Å². The maximum Gasteiger partial charge on any atom is 0.341 e. The topological polar surface area (TPSA) is 43.4 Å². The van der Waals surface area contributed by atoms with Gasteiger partial charge in [0.15, 0.2) is 0 Å². The fraction of sp³-hybridized carbons (Fsp3) is 0.556. The molecule has 1 aliphatic heterocycles. The minimum Gasteiger partial charge on any atom is -0.389 e. The number of cyclic esters (lactones) is 2. The van der Waals surface area contributed by atoms with Crippen LogP contribution in [0.2, 0.25) is 0 Å². The maximum atomic E-state index is 11.0. The number of ether oxygens (including phenoxy) is 1. The molecule has 1 aliphatic rings. The van der Waals surface area contributed by atoms with Crippen LogP contribution in [-0.2, 0) is 14.3 Å². The molecule has 0 N–H and O–H groups in total. The molecule has 1 heterocycles. The van der Waals surface area contributed by atoms with Crippen molar-refractivity contribution < 1.29 is 14.3 Å². The molecule has 0 aromatic heterocycles. The number of esters is 2. The molecular weight excluding hydrogens is 156 g/mol. The number of carbonyl (C=O) groups is 2. The lowest BCUT2D eigenvalue weighted by atomic mass is 9.93. The lowest BCUT2D eigenvalue weighted by molar-refractivity contribution is -0.152. The predicted molar refractivity (Wildman–Crippen MR) is 43.2 cm³/mol. The molecule has 66 valence electrons. The van der Waals surface area contributed by atoms with Gasteiger partial charge in [-0.1, -0.05) is 20.4 Å². The number of rotatable bonds is 2. The van der Waals surface area contributed by atoms with E-state index in [1.807, 2.05) is 13.8 Å². The quantitative estimate of drug-likeness (QED) is 0.354. The van der Waals surface area contributed by atoms with Crippen LogP contribution in [-0.4, -0.2) is 11.9 Å². The van der Waals surface area contributed by atoms with Crippen molar-refractivity contribution in [1.29, 1.82) is 0 Å². The second-order valence-corrected chi connectivity index (χ2v) is 3.42. The summed E-state index contributed by atoms with van der Waals surface area (Å²) in [4.78, 5) is 21.9. The molecule has 12 heavy (non-hydrogen) atoms. The molecule has 0 aliphatic carbocycles. The Hall–Kier alpha value is -1.12. The first-order valence-electron chi connectivity index (χ1n) is 3.97. The molecule has 0 amide bonds. The molecule has 1 atom stereocenters. The largest absolute Gasteiger partial charge is 0.389 e. The van der Waals surface area contributed by atoms with E-state index in [4.69, 9.17) is 0 Å². The van der Waals surface area contributed by atoms with Crippen molar-refractivity contribution in [1.82, 2.24) is 0 Å². The molecule has 1 saturated heterocycles. The van der Waals surface area contributed by atoms with Crippen LogP contribution in [0.1, 0.15) is 20.3 Å². The van der Waals surface area contributed by atoms with E-state index in [-0.39, 0.29) is 0 Å². The Balaban J connectivity index is 2.70. The van der Waals surface area contributed by atoms with E-state index in [2.05, 4.69) is 11.3 Å². The first-order valence-corrected chi connectivity index (χ1v) is 3.97. The average Bonchev–Trinajstić information content (AvgIpc) is 2.16. The van der Waals surface area contributed by atoms with Crippen LogP contribution in [0, 0.1) is 11.8 Å². The minimum atomic E-state index is -0.564. The first-order chi connectivity index (χ1) is 5.52. The van der Waals surface area contributed by atoms with E-state index in [0.717, 1.165) is 0 Å². The predicted octanol–water partition coefficient (Wildman–Crippen LogP) is 1.29. The highest BCUT2D eigenvalue weighted by Gasteiger charge is 2.37. The van der Waals surface area contributed by atoms with Crippen LogP contribution in [0.15, 0.2) is 12.2 Å². The van der Waals surface area contributed by atoms with E-state index in [1.54, 1.807) is 0 Å². The third kappa shape index (κ3) is 1.55. The van der Waals surface area contributed by atoms with E-state index in [1.165, 1.54) is 0 Å². The number of hydrogen-bond acceptors (Lipinski definition) is 3. The smallest absolute Gasteiger partial charge is 0.341 e. The third-order valence-corrected chi connectivity index (χ3v) is 1.87. The Morgan fingerprint density at radius 1 is 1.50 bits per heavy atom. The summed E-state index contributed by atoms with van der Waals surface area (Å²) in [6, 6.07) is 0. The summed E-state index contributed by atoms with van der Waals surface area (Å²) in [5.41, 5.74) is 0.300. The van der Waals surface area contributed by atoms with E-state index < -0.39 is 17.9 Å². The zero-order chi connectivity index (χ0) is 9.30. The van der Waals surface area contributed by atoms with Gasteiger partial charge in [-0.3, -0.25) is 4.79 Å². The molecule has 3 nitrogen and oxygen atoms in total. The van der Waals surface area contributed by atoms with Gasteiger partial charge in [-0.2, -0.15) is 0 Å². The van der Waals surface area contributed by atoms with E-state index in [0.29, 0.717) is 17.9 Å². The van der Waals surface area contributed by atoms with Gasteiger partial charge >= 0.3 is 11.9 Å². The molecule has 0 saturated carbocycles. The molecule has 0 aromatic rings. The van der Waals surface area contributed by atoms with Crippen molar-refractivity contribution in [3.63, 3.8) is 0 Å². The van der Waals surface area contributed by atoms with Gasteiger partial charge in [0.05, 0.1) is 5.92 Å². The van der Waals surface area contributed by atoms with Gasteiger partial charge in [0, 0.05) is 5.57 Å². The highest BCUT2D eigenvalue weighted by atomic mass is 16.6. The van der Waals surface area contributed by atoms with Gasteiger partial charge in [0.1, 0.15) is 0 Å². The van der Waals surface area contributed by atoms with Gasteiger partial charge in [-0.25, -0.2) is 4.79 Å². The Kier molecular flexibility index (Phi) is 2.31. The molecule has 1 unspecified atom stereocenters. The second-order valence-electron chi connectivity index (χ2n) is 3.42. The van der Waals surface area contributed by atoms with Gasteiger partial charge < -0.3 is 4.74 Å². The summed E-state index contributed by atoms with van der Waals surface area (Å²) in [5, 5.41) is 0. The monoisotopic (exact) mass is 168 g/mol. The summed E-state index contributed by atoms with van der Waals surface area (Å²) in [5.74, 6) is -1.05. The number of carbonyl (C=O) groups excluding carboxylic acids is 2. The van der Waals surface area contributed by atoms with Crippen molar-refractivity contribution in [3.8, 4) is 0 Å². The highest BCUT2D eigenvalue weighted by Crippen LogP contribution is 2.27. The fourth-order valence-corrected chi connectivity index (χ4v) is 1.22. The number of hydrogen-bond donors (Lipinski definition) is 0. The van der Waals surface area contributed by atoms with Crippen LogP contribution >= 0.6 is 0 Å². The standard InChI is InChI=1S/C9H12O3/c1-5(2)4-7-6(3)8(10)12-9(7)11/h5,7H,3-4H2,1-2H3. The zero-order valence-corrected chi connectivity index (χ0v) is 7.29. The Labute approximate surface area is 71.4 Å². The summed E-state index contributed by atoms with van der Waals surface area (Å²) in [7, 11) is 0. The van der Waals surface area contributed by atoms with Crippen LogP contribution in [0.3, 0.4) is 0 Å². The summed E-state index contributed by atoms with van der Waals surface area (Å²) in [6.45, 7) is 7.50. The maximum absolute atomic E-state index is 11.0. The molecule has 0 bridgehead atoms. The lowest BCUT2D eigenvalue weighted by Gasteiger charge is -2.07. The van der Waals surface area contributed by atoms with Gasteiger partial charge in [0.25, 0.3) is 0 Å². The van der Waals surface area contributed by atoms with E-state index in [9.17, 15) is 9.59 Å². The Bertz CT molecular complexity index is 240. The molecule has 1 rings (SSSR count). The normalized spacial score (nSPS) is 23.6. The average molecular weight is 168 g/mol. The van der Waals surface area contributed by atoms with Crippen LogP contribution in [0.25, 0.3) is 0 Å². The summed E-state index contributed by atoms with van der Waals surface area (Å²) < 4.78 is 4.41. The first kappa shape index (κ1) is 8.97. The van der Waals surface area contributed by atoms with Gasteiger partial charge in [-0.05, 0) is 12.3 Å². The highest BCUT2D eigenvalue weighted by molar-refractivity contribution is 6.06. The third-order valence-electron chi connectivity index (χ3n) is 1.87. The molecule has 0 spiro atoms. The lowest BCUT2D eigenvalue weighted by Crippen LogP contribution is -2.11. The summed E-state index contributed by atoms with van der Waals surface area (Å²) >= 11 is 0. The molecule has 0 aromatic carbocycles. The van der Waals surface area contributed by atoms with Crippen LogP contribution < -0.4 is 0 Å². The van der Waals surface area contributed by atoms with Crippen molar-refractivity contribution in [2.75, 3.05) is 0 Å². The molecule has 3 heteroatoms. The van der Waals surface area contributed by atoms with E-state index >= 15 is 0 Å². The zero-order valence-electron chi connectivity index (χ0n) is 7.29. The molecule has 1 fully saturated rings. The second kappa shape index (κ2) is 3.09. The molecular formula is C9H12O3. The fourth-order valence-electron chi connectivity index (χ4n) is 1.22. The van der Waals surface area contributed by atoms with Crippen LogP contribution in [0.4, 0.5) is 0 Å². The minimum absolute atomic E-state index is 0.300. The van der Waals surface area contributed by atoms with Crippen molar-refractivity contribution in [3.05, 3.63) is 12.2 Å². The van der Waals surface area contributed by atoms with Crippen molar-refractivity contribution >= 4 is 11.9 Å². The van der Waals surface area contributed by atoms with Gasteiger partial charge in [-0.15, -0.1) is 0 Å². The molecule has 0 radical (unpaired) electrons. The Morgan fingerprint density at radius 3 is 2.42 bits per heavy atom. The van der Waals surface area contributed by atoms with Crippen molar-refractivity contribution in [2.24, 2.45) is 11.8 Å². The van der Waals surface area contributed by atoms with Crippen molar-refractivity contribution in [2.45, 2.75) is 20.3 Å². The SMILES string of the molecule is C=C1C(=O)OC(=O)C1CC(C)C. The Morgan fingerprint density at radius 2 is 2.08 bits per heavy atom. The summed E-state index contributed by atoms with van der Waals surface area (Å²) in [6.07, 6.45) is 0.642. The van der Waals surface area contributed by atoms with Gasteiger partial charge in [0.2, 0.25) is 0 Å².